The predicted octanol–water partition coefficient (Wildman–Crippen LogP) is 8.70. The third-order valence-electron chi connectivity index (χ3n) is 9.65. The van der Waals surface area contributed by atoms with Crippen molar-refractivity contribution in [1.29, 1.82) is 0 Å². The minimum atomic E-state index is -1.62. The van der Waals surface area contributed by atoms with Crippen LogP contribution in [0.3, 0.4) is 0 Å². The normalized spacial score (nSPS) is 19.0. The summed E-state index contributed by atoms with van der Waals surface area (Å²) in [6, 6.07) is 24.2. The maximum absolute atomic E-state index is 2.66. The van der Waals surface area contributed by atoms with Gasteiger partial charge in [0.2, 0.25) is 0 Å². The van der Waals surface area contributed by atoms with E-state index in [1.54, 1.807) is 27.1 Å². The molecule has 2 unspecified atom stereocenters. The number of aryl methyl sites for hydroxylation is 3. The Morgan fingerprint density at radius 2 is 1.33 bits per heavy atom. The molecule has 0 nitrogen and oxygen atoms in total. The van der Waals surface area contributed by atoms with Gasteiger partial charge in [-0.3, -0.25) is 0 Å². The molecule has 3 heteroatoms. The van der Waals surface area contributed by atoms with Crippen LogP contribution in [-0.2, 0) is 17.9 Å². The first-order valence-electron chi connectivity index (χ1n) is 14.6. The summed E-state index contributed by atoms with van der Waals surface area (Å²) in [5.41, 5.74) is 15.7. The first-order valence-corrected chi connectivity index (χ1v) is 23.6. The van der Waals surface area contributed by atoms with E-state index >= 15 is 0 Å². The van der Waals surface area contributed by atoms with E-state index < -0.39 is 35.5 Å². The minimum absolute atomic E-state index is 0.138. The van der Waals surface area contributed by atoms with Gasteiger partial charge in [0.15, 0.2) is 0 Å². The average Bonchev–Trinajstić information content (AvgIpc) is 3.07. The van der Waals surface area contributed by atoms with Gasteiger partial charge in [0.25, 0.3) is 0 Å². The van der Waals surface area contributed by atoms with Crippen molar-refractivity contribution in [2.24, 2.45) is 0 Å². The van der Waals surface area contributed by atoms with Gasteiger partial charge in [0, 0.05) is 0 Å². The van der Waals surface area contributed by atoms with Crippen molar-refractivity contribution in [2.75, 3.05) is 0 Å². The summed E-state index contributed by atoms with van der Waals surface area (Å²) in [6.45, 7) is 24.1. The summed E-state index contributed by atoms with van der Waals surface area (Å²) in [5, 5.41) is 8.54. The van der Waals surface area contributed by atoms with Crippen molar-refractivity contribution in [3.8, 4) is 0 Å². The quantitative estimate of drug-likeness (QED) is 0.243. The molecule has 0 aliphatic heterocycles. The zero-order chi connectivity index (χ0) is 28.9. The van der Waals surface area contributed by atoms with Crippen LogP contribution in [0.5, 0.6) is 0 Å². The summed E-state index contributed by atoms with van der Waals surface area (Å²) < 4.78 is 0.138. The van der Waals surface area contributed by atoms with Crippen LogP contribution in [0.4, 0.5) is 0 Å². The molecule has 0 saturated heterocycles. The Balaban J connectivity index is 2.09. The molecule has 0 N–H and O–H groups in total. The summed E-state index contributed by atoms with van der Waals surface area (Å²) in [6.07, 6.45) is 0. The topological polar surface area (TPSA) is 0 Å². The van der Waals surface area contributed by atoms with Gasteiger partial charge < -0.3 is 0 Å². The second-order valence-electron chi connectivity index (χ2n) is 13.4. The van der Waals surface area contributed by atoms with E-state index in [0.717, 1.165) is 0 Å². The average molecular weight is 586 g/mol. The molecule has 0 aromatic heterocycles. The van der Waals surface area contributed by atoms with E-state index in [1.165, 1.54) is 39.0 Å². The van der Waals surface area contributed by atoms with Crippen molar-refractivity contribution in [3.05, 3.63) is 111 Å². The third kappa shape index (κ3) is 5.47. The summed E-state index contributed by atoms with van der Waals surface area (Å²) in [4.78, 5) is 0. The van der Waals surface area contributed by atoms with Crippen molar-refractivity contribution in [2.45, 2.75) is 87.8 Å². The van der Waals surface area contributed by atoms with Gasteiger partial charge in [-0.2, -0.15) is 0 Å². The Kier molecular flexibility index (Phi) is 8.75. The van der Waals surface area contributed by atoms with Crippen LogP contribution in [0.15, 0.2) is 77.4 Å². The van der Waals surface area contributed by atoms with Crippen LogP contribution in [0.25, 0.3) is 5.57 Å². The van der Waals surface area contributed by atoms with Crippen LogP contribution >= 0.6 is 0 Å². The summed E-state index contributed by atoms with van der Waals surface area (Å²) >= 11 is -1.62. The van der Waals surface area contributed by atoms with Crippen molar-refractivity contribution in [1.82, 2.24) is 0 Å². The first kappa shape index (κ1) is 30.3. The maximum atomic E-state index is 2.66. The number of rotatable bonds is 7. The van der Waals surface area contributed by atoms with Gasteiger partial charge in [0.1, 0.15) is 0 Å². The molecule has 0 bridgehead atoms. The molecule has 205 valence electrons. The zero-order valence-electron chi connectivity index (χ0n) is 26.6. The van der Waals surface area contributed by atoms with E-state index in [-0.39, 0.29) is 3.72 Å². The molecule has 0 amide bonds. The monoisotopic (exact) mass is 585 g/mol. The summed E-state index contributed by atoms with van der Waals surface area (Å²) in [7, 11) is -2.15. The van der Waals surface area contributed by atoms with Gasteiger partial charge in [-0.15, -0.1) is 0 Å². The SMILES string of the molecule is CC1=C(C)[C](C([SiH2]c2cc(C)c(C)c(C)c2)c2cc(C)cc([Si](C)(C)C)c2)([Ti]([CH3])[CH3])C(c2ccccc2)=C1C. The molecule has 0 spiro atoms. The second kappa shape index (κ2) is 11.3. The van der Waals surface area contributed by atoms with Crippen molar-refractivity contribution < 1.29 is 17.9 Å². The number of allylic oxidation sites excluding steroid dienone is 4. The Labute approximate surface area is 248 Å². The van der Waals surface area contributed by atoms with E-state index in [2.05, 4.69) is 139 Å². The Morgan fingerprint density at radius 1 is 0.744 bits per heavy atom. The Hall–Kier alpha value is -1.71. The third-order valence-corrected chi connectivity index (χ3v) is 18.7. The van der Waals surface area contributed by atoms with Gasteiger partial charge in [-0.25, -0.2) is 0 Å². The van der Waals surface area contributed by atoms with E-state index in [9.17, 15) is 0 Å². The molecule has 0 radical (unpaired) electrons. The van der Waals surface area contributed by atoms with E-state index in [0.29, 0.717) is 5.54 Å². The molecular weight excluding hydrogens is 536 g/mol. The van der Waals surface area contributed by atoms with Gasteiger partial charge in [-0.1, -0.05) is 0 Å². The molecule has 0 saturated carbocycles. The number of hydrogen-bond acceptors (Lipinski definition) is 0. The van der Waals surface area contributed by atoms with Gasteiger partial charge >= 0.3 is 250 Å². The number of benzene rings is 3. The summed E-state index contributed by atoms with van der Waals surface area (Å²) in [5.74, 6) is 0. The molecular formula is C36H49Si2Ti. The fourth-order valence-electron chi connectivity index (χ4n) is 7.15. The molecule has 2 atom stereocenters. The standard InChI is InChI=1S/C34H43Si2.2CH3.Ti/c1-21-16-29(20-31(17-21)36(8,9)10)34(35-30-18-22(2)24(4)23(3)19-30)33-27(7)25(5)26(6)32(33)28-14-12-11-13-15-28;;;/h11-20,34H,35H2,1-10H3;2*1H3;. The van der Waals surface area contributed by atoms with E-state index in [1.807, 2.05) is 0 Å². The molecule has 4 rings (SSSR count). The van der Waals surface area contributed by atoms with Crippen LogP contribution in [0, 0.1) is 27.7 Å². The van der Waals surface area contributed by atoms with Crippen molar-refractivity contribution in [3.63, 3.8) is 0 Å². The molecule has 1 aliphatic rings. The predicted molar refractivity (Wildman–Crippen MR) is 178 cm³/mol. The molecule has 39 heavy (non-hydrogen) atoms. The Bertz CT molecular complexity index is 1430. The Morgan fingerprint density at radius 3 is 1.87 bits per heavy atom. The van der Waals surface area contributed by atoms with Crippen LogP contribution in [0.1, 0.15) is 59.7 Å². The second-order valence-corrected chi connectivity index (χ2v) is 24.9. The fourth-order valence-corrected chi connectivity index (χ4v) is 17.3. The zero-order valence-corrected chi connectivity index (χ0v) is 30.5. The fraction of sp³-hybridized carbons (Fsp3) is 0.389. The van der Waals surface area contributed by atoms with Gasteiger partial charge in [-0.05, 0) is 0 Å². The molecule has 3 aromatic carbocycles. The first-order chi connectivity index (χ1) is 18.2. The van der Waals surface area contributed by atoms with Crippen LogP contribution in [0.2, 0.25) is 33.8 Å². The number of hydrogen-bond donors (Lipinski definition) is 0. The van der Waals surface area contributed by atoms with Crippen LogP contribution < -0.4 is 10.4 Å². The molecule has 1 aliphatic carbocycles. The molecule has 0 heterocycles. The van der Waals surface area contributed by atoms with E-state index in [4.69, 9.17) is 0 Å². The van der Waals surface area contributed by atoms with Gasteiger partial charge in [0.05, 0.1) is 0 Å². The van der Waals surface area contributed by atoms with Crippen LogP contribution in [-0.4, -0.2) is 17.6 Å². The van der Waals surface area contributed by atoms with Crippen molar-refractivity contribution >= 4 is 33.5 Å². The molecule has 0 fully saturated rings. The molecule has 3 aromatic rings.